The van der Waals surface area contributed by atoms with Gasteiger partial charge in [-0.3, -0.25) is 4.79 Å². The van der Waals surface area contributed by atoms with Crippen molar-refractivity contribution in [3.8, 4) is 0 Å². The highest BCUT2D eigenvalue weighted by Crippen LogP contribution is 2.22. The van der Waals surface area contributed by atoms with Gasteiger partial charge >= 0.3 is 12.1 Å². The summed E-state index contributed by atoms with van der Waals surface area (Å²) in [6.07, 6.45) is -5.54. The number of nitrogens with one attached hydrogen (secondary N) is 1. The van der Waals surface area contributed by atoms with Gasteiger partial charge in [-0.2, -0.15) is 17.9 Å². The van der Waals surface area contributed by atoms with Gasteiger partial charge in [0.15, 0.2) is 0 Å². The molecule has 0 amide bonds. The molecule has 0 saturated heterocycles. The van der Waals surface area contributed by atoms with E-state index in [1.807, 2.05) is 4.72 Å². The Morgan fingerprint density at radius 1 is 1.30 bits per heavy atom. The summed E-state index contributed by atoms with van der Waals surface area (Å²) in [6.45, 7) is 1.14. The lowest BCUT2D eigenvalue weighted by Crippen LogP contribution is -2.38. The third-order valence-electron chi connectivity index (χ3n) is 2.34. The molecule has 1 aromatic carbocycles. The molecule has 9 heteroatoms. The van der Waals surface area contributed by atoms with E-state index in [1.165, 1.54) is 0 Å². The normalized spacial score (nSPS) is 14.0. The lowest BCUT2D eigenvalue weighted by atomic mass is 10.1. The number of carboxylic acids is 1. The van der Waals surface area contributed by atoms with Crippen molar-refractivity contribution in [2.24, 2.45) is 0 Å². The maximum atomic E-state index is 12.1. The molecule has 1 aromatic rings. The molecule has 2 N–H and O–H groups in total. The SMILES string of the molecule is C[C@@H](NS(=O)(=O)c1ccc(CC(F)(F)F)cc1)C(=O)O. The first-order valence-corrected chi connectivity index (χ1v) is 6.90. The van der Waals surface area contributed by atoms with Gasteiger partial charge in [-0.15, -0.1) is 0 Å². The van der Waals surface area contributed by atoms with Gasteiger partial charge in [0.05, 0.1) is 11.3 Å². The van der Waals surface area contributed by atoms with E-state index in [2.05, 4.69) is 0 Å². The lowest BCUT2D eigenvalue weighted by Gasteiger charge is -2.11. The molecule has 20 heavy (non-hydrogen) atoms. The zero-order valence-corrected chi connectivity index (χ0v) is 11.1. The van der Waals surface area contributed by atoms with Crippen LogP contribution < -0.4 is 4.72 Å². The highest BCUT2D eigenvalue weighted by molar-refractivity contribution is 7.89. The molecule has 0 spiro atoms. The molecule has 0 fully saturated rings. The van der Waals surface area contributed by atoms with E-state index in [9.17, 15) is 26.4 Å². The van der Waals surface area contributed by atoms with Crippen molar-refractivity contribution in [3.63, 3.8) is 0 Å². The standard InChI is InChI=1S/C11H12F3NO4S/c1-7(10(16)17)15-20(18,19)9-4-2-8(3-5-9)6-11(12,13)14/h2-5,7,15H,6H2,1H3,(H,16,17)/t7-/m1/s1. The number of alkyl halides is 3. The molecule has 112 valence electrons. The zero-order chi connectivity index (χ0) is 15.6. The van der Waals surface area contributed by atoms with Crippen LogP contribution in [0.3, 0.4) is 0 Å². The van der Waals surface area contributed by atoms with Crippen LogP contribution in [-0.2, 0) is 21.2 Å². The van der Waals surface area contributed by atoms with Gasteiger partial charge in [0, 0.05) is 0 Å². The number of carbonyl (C=O) groups is 1. The molecule has 0 aliphatic rings. The fourth-order valence-corrected chi connectivity index (χ4v) is 2.57. The largest absolute Gasteiger partial charge is 0.480 e. The Bertz CT molecular complexity index is 581. The molecule has 1 atom stereocenters. The van der Waals surface area contributed by atoms with Gasteiger partial charge in [-0.25, -0.2) is 8.42 Å². The van der Waals surface area contributed by atoms with Crippen molar-refractivity contribution in [2.75, 3.05) is 0 Å². The summed E-state index contributed by atoms with van der Waals surface area (Å²) in [5.74, 6) is -1.36. The van der Waals surface area contributed by atoms with Gasteiger partial charge in [0.1, 0.15) is 6.04 Å². The second-order valence-electron chi connectivity index (χ2n) is 4.12. The van der Waals surface area contributed by atoms with Crippen LogP contribution >= 0.6 is 0 Å². The van der Waals surface area contributed by atoms with E-state index in [1.54, 1.807) is 0 Å². The van der Waals surface area contributed by atoms with Gasteiger partial charge in [0.25, 0.3) is 0 Å². The number of hydrogen-bond acceptors (Lipinski definition) is 3. The summed E-state index contributed by atoms with van der Waals surface area (Å²) in [5.41, 5.74) is -0.0808. The quantitative estimate of drug-likeness (QED) is 0.864. The van der Waals surface area contributed by atoms with Gasteiger partial charge in [-0.05, 0) is 24.6 Å². The number of carboxylic acid groups (broad SMARTS) is 1. The summed E-state index contributed by atoms with van der Waals surface area (Å²) < 4.78 is 61.8. The number of rotatable bonds is 5. The molecule has 0 unspecified atom stereocenters. The third-order valence-corrected chi connectivity index (χ3v) is 3.90. The molecule has 0 saturated carbocycles. The van der Waals surface area contributed by atoms with Crippen LogP contribution in [0, 0.1) is 0 Å². The molecule has 0 aliphatic heterocycles. The summed E-state index contributed by atoms with van der Waals surface area (Å²) in [6, 6.07) is 2.73. The first-order valence-electron chi connectivity index (χ1n) is 5.42. The van der Waals surface area contributed by atoms with E-state index >= 15 is 0 Å². The van der Waals surface area contributed by atoms with Gasteiger partial charge < -0.3 is 5.11 Å². The minimum Gasteiger partial charge on any atom is -0.480 e. The van der Waals surface area contributed by atoms with Crippen LogP contribution in [0.25, 0.3) is 0 Å². The Balaban J connectivity index is 2.90. The fraction of sp³-hybridized carbons (Fsp3) is 0.364. The van der Waals surface area contributed by atoms with Crippen LogP contribution in [-0.4, -0.2) is 31.7 Å². The van der Waals surface area contributed by atoms with Crippen molar-refractivity contribution >= 4 is 16.0 Å². The van der Waals surface area contributed by atoms with Gasteiger partial charge in [0.2, 0.25) is 10.0 Å². The average Bonchev–Trinajstić information content (AvgIpc) is 2.26. The molecule has 1 rings (SSSR count). The van der Waals surface area contributed by atoms with Crippen LogP contribution in [0.4, 0.5) is 13.2 Å². The Morgan fingerprint density at radius 2 is 1.80 bits per heavy atom. The summed E-state index contributed by atoms with van der Waals surface area (Å²) in [4.78, 5) is 10.3. The molecule has 5 nitrogen and oxygen atoms in total. The van der Waals surface area contributed by atoms with Crippen molar-refractivity contribution in [1.82, 2.24) is 4.72 Å². The van der Waals surface area contributed by atoms with Crippen molar-refractivity contribution < 1.29 is 31.5 Å². The molecule has 0 aromatic heterocycles. The first-order chi connectivity index (χ1) is 9.01. The molecule has 0 bridgehead atoms. The predicted octanol–water partition coefficient (Wildman–Crippen LogP) is 1.54. The van der Waals surface area contributed by atoms with E-state index in [4.69, 9.17) is 5.11 Å². The summed E-state index contributed by atoms with van der Waals surface area (Å²) in [5, 5.41) is 8.61. The van der Waals surface area contributed by atoms with Crippen LogP contribution in [0.2, 0.25) is 0 Å². The van der Waals surface area contributed by atoms with Crippen LogP contribution in [0.15, 0.2) is 29.2 Å². The Morgan fingerprint density at radius 3 is 2.20 bits per heavy atom. The van der Waals surface area contributed by atoms with Gasteiger partial charge in [-0.1, -0.05) is 12.1 Å². The molecule has 0 heterocycles. The topological polar surface area (TPSA) is 83.5 Å². The number of hydrogen-bond donors (Lipinski definition) is 2. The third kappa shape index (κ3) is 4.82. The molecule has 0 aliphatic carbocycles. The smallest absolute Gasteiger partial charge is 0.393 e. The van der Waals surface area contributed by atoms with Crippen LogP contribution in [0.5, 0.6) is 0 Å². The molecular weight excluding hydrogens is 299 g/mol. The zero-order valence-electron chi connectivity index (χ0n) is 10.3. The van der Waals surface area contributed by atoms with Crippen molar-refractivity contribution in [3.05, 3.63) is 29.8 Å². The van der Waals surface area contributed by atoms with E-state index in [-0.39, 0.29) is 10.5 Å². The maximum absolute atomic E-state index is 12.1. The van der Waals surface area contributed by atoms with E-state index < -0.39 is 34.6 Å². The van der Waals surface area contributed by atoms with Crippen molar-refractivity contribution in [2.45, 2.75) is 30.5 Å². The minimum atomic E-state index is -4.38. The first kappa shape index (κ1) is 16.4. The minimum absolute atomic E-state index is 0.0808. The van der Waals surface area contributed by atoms with Crippen molar-refractivity contribution in [1.29, 1.82) is 0 Å². The van der Waals surface area contributed by atoms with E-state index in [0.29, 0.717) is 0 Å². The number of aliphatic carboxylic acids is 1. The Hall–Kier alpha value is -1.61. The number of benzene rings is 1. The van der Waals surface area contributed by atoms with Crippen LogP contribution in [0.1, 0.15) is 12.5 Å². The maximum Gasteiger partial charge on any atom is 0.393 e. The fourth-order valence-electron chi connectivity index (χ4n) is 1.37. The highest BCUT2D eigenvalue weighted by atomic mass is 32.2. The lowest BCUT2D eigenvalue weighted by molar-refractivity contribution is -0.138. The second-order valence-corrected chi connectivity index (χ2v) is 5.83. The number of sulfonamides is 1. The summed E-state index contributed by atoms with van der Waals surface area (Å²) in [7, 11) is -4.08. The Kier molecular flexibility index (Phi) is 4.77. The Labute approximate surface area is 113 Å². The molecular formula is C11H12F3NO4S. The van der Waals surface area contributed by atoms with E-state index in [0.717, 1.165) is 31.2 Å². The molecule has 0 radical (unpaired) electrons. The predicted molar refractivity (Wildman–Crippen MR) is 63.6 cm³/mol. The number of halogens is 3. The monoisotopic (exact) mass is 311 g/mol. The average molecular weight is 311 g/mol. The highest BCUT2D eigenvalue weighted by Gasteiger charge is 2.28. The second kappa shape index (κ2) is 5.80. The summed E-state index contributed by atoms with van der Waals surface area (Å²) >= 11 is 0.